The van der Waals surface area contributed by atoms with Crippen molar-refractivity contribution in [3.05, 3.63) is 70.1 Å². The van der Waals surface area contributed by atoms with Crippen LogP contribution in [0, 0.1) is 6.92 Å². The number of aromatic nitrogens is 1. The molecule has 1 aliphatic rings. The van der Waals surface area contributed by atoms with E-state index in [0.717, 1.165) is 16.9 Å². The maximum atomic E-state index is 13.7. The normalized spacial score (nSPS) is 11.9. The highest BCUT2D eigenvalue weighted by Gasteiger charge is 2.28. The van der Waals surface area contributed by atoms with Gasteiger partial charge in [0.25, 0.3) is 11.8 Å². The van der Waals surface area contributed by atoms with Crippen molar-refractivity contribution in [2.24, 2.45) is 0 Å². The fourth-order valence-corrected chi connectivity index (χ4v) is 5.31. The van der Waals surface area contributed by atoms with E-state index in [2.05, 4.69) is 5.32 Å². The number of esters is 1. The van der Waals surface area contributed by atoms with Crippen molar-refractivity contribution in [3.8, 4) is 22.8 Å². The Hall–Kier alpha value is -4.44. The van der Waals surface area contributed by atoms with Crippen molar-refractivity contribution < 1.29 is 28.6 Å². The van der Waals surface area contributed by atoms with E-state index < -0.39 is 11.9 Å². The maximum Gasteiger partial charge on any atom is 0.341 e. The molecule has 37 heavy (non-hydrogen) atoms. The van der Waals surface area contributed by atoms with Gasteiger partial charge in [-0.05, 0) is 42.8 Å². The molecule has 188 valence electrons. The van der Waals surface area contributed by atoms with Gasteiger partial charge in [0.2, 0.25) is 6.79 Å². The van der Waals surface area contributed by atoms with E-state index in [0.29, 0.717) is 44.1 Å². The third-order valence-corrected chi connectivity index (χ3v) is 7.19. The van der Waals surface area contributed by atoms with E-state index in [1.165, 1.54) is 12.0 Å². The minimum atomic E-state index is -0.637. The van der Waals surface area contributed by atoms with Crippen LogP contribution in [-0.4, -0.2) is 55.7 Å². The molecule has 0 spiro atoms. The molecule has 2 aromatic carbocycles. The number of pyridine rings is 1. The molecule has 0 saturated heterocycles. The number of hydrogen-bond acceptors (Lipinski definition) is 8. The molecule has 1 N–H and O–H groups in total. The van der Waals surface area contributed by atoms with Crippen LogP contribution in [0.4, 0.5) is 5.00 Å². The first kappa shape index (κ1) is 24.3. The first-order chi connectivity index (χ1) is 17.8. The highest BCUT2D eigenvalue weighted by atomic mass is 32.1. The molecule has 4 aromatic rings. The van der Waals surface area contributed by atoms with Gasteiger partial charge in [-0.25, -0.2) is 9.78 Å². The predicted molar refractivity (Wildman–Crippen MR) is 140 cm³/mol. The van der Waals surface area contributed by atoms with Gasteiger partial charge in [-0.15, -0.1) is 11.3 Å². The van der Waals surface area contributed by atoms with Crippen molar-refractivity contribution in [1.29, 1.82) is 0 Å². The summed E-state index contributed by atoms with van der Waals surface area (Å²) in [5.74, 6) is -0.103. The van der Waals surface area contributed by atoms with Crippen molar-refractivity contribution >= 4 is 45.0 Å². The zero-order valence-electron chi connectivity index (χ0n) is 20.6. The van der Waals surface area contributed by atoms with Crippen molar-refractivity contribution in [2.75, 3.05) is 33.3 Å². The summed E-state index contributed by atoms with van der Waals surface area (Å²) in [6.45, 7) is 1.81. The van der Waals surface area contributed by atoms with Crippen molar-refractivity contribution in [3.63, 3.8) is 0 Å². The Labute approximate surface area is 216 Å². The van der Waals surface area contributed by atoms with Crippen LogP contribution in [-0.2, 0) is 4.74 Å². The smallest absolute Gasteiger partial charge is 0.341 e. The number of para-hydroxylation sites is 1. The Morgan fingerprint density at radius 3 is 2.57 bits per heavy atom. The monoisotopic (exact) mass is 517 g/mol. The minimum Gasteiger partial charge on any atom is -0.465 e. The molecule has 2 aromatic heterocycles. The zero-order chi connectivity index (χ0) is 26.3. The highest BCUT2D eigenvalue weighted by molar-refractivity contribution is 7.18. The van der Waals surface area contributed by atoms with E-state index >= 15 is 0 Å². The third kappa shape index (κ3) is 4.36. The molecule has 0 atom stereocenters. The van der Waals surface area contributed by atoms with Gasteiger partial charge in [-0.3, -0.25) is 9.59 Å². The number of amides is 2. The lowest BCUT2D eigenvalue weighted by atomic mass is 10.0. The van der Waals surface area contributed by atoms with Gasteiger partial charge in [0.05, 0.1) is 34.3 Å². The molecular weight excluding hydrogens is 494 g/mol. The fourth-order valence-electron chi connectivity index (χ4n) is 4.09. The number of anilines is 1. The molecule has 0 saturated carbocycles. The summed E-state index contributed by atoms with van der Waals surface area (Å²) in [4.78, 5) is 45.5. The summed E-state index contributed by atoms with van der Waals surface area (Å²) >= 11 is 1.04. The van der Waals surface area contributed by atoms with Crippen LogP contribution in [0.25, 0.3) is 22.2 Å². The van der Waals surface area contributed by atoms with Crippen LogP contribution >= 0.6 is 11.3 Å². The average Bonchev–Trinajstić information content (AvgIpc) is 3.50. The van der Waals surface area contributed by atoms with Crippen LogP contribution < -0.4 is 14.8 Å². The van der Waals surface area contributed by atoms with Crippen molar-refractivity contribution in [2.45, 2.75) is 6.92 Å². The number of thiophene rings is 1. The number of ether oxygens (including phenoxy) is 3. The summed E-state index contributed by atoms with van der Waals surface area (Å²) in [7, 11) is 4.50. The predicted octanol–water partition coefficient (Wildman–Crippen LogP) is 4.74. The highest BCUT2D eigenvalue weighted by Crippen LogP contribution is 2.37. The number of fused-ring (bicyclic) bond motifs is 2. The summed E-state index contributed by atoms with van der Waals surface area (Å²) < 4.78 is 15.8. The zero-order valence-corrected chi connectivity index (χ0v) is 21.4. The first-order valence-electron chi connectivity index (χ1n) is 11.3. The van der Waals surface area contributed by atoms with E-state index in [-0.39, 0.29) is 23.3 Å². The fraction of sp³-hybridized carbons (Fsp3) is 0.185. The number of nitrogens with zero attached hydrogens (tertiary/aromatic N) is 2. The molecular formula is C27H23N3O6S. The van der Waals surface area contributed by atoms with Crippen LogP contribution in [0.3, 0.4) is 0 Å². The number of hydrogen-bond donors (Lipinski definition) is 1. The quantitative estimate of drug-likeness (QED) is 0.381. The van der Waals surface area contributed by atoms with E-state index in [1.807, 2.05) is 36.4 Å². The average molecular weight is 518 g/mol. The van der Waals surface area contributed by atoms with Crippen LogP contribution in [0.2, 0.25) is 0 Å². The molecule has 0 unspecified atom stereocenters. The molecule has 0 bridgehead atoms. The third-order valence-electron chi connectivity index (χ3n) is 5.99. The molecule has 0 radical (unpaired) electrons. The van der Waals surface area contributed by atoms with Gasteiger partial charge in [0.1, 0.15) is 5.00 Å². The molecule has 9 nitrogen and oxygen atoms in total. The largest absolute Gasteiger partial charge is 0.465 e. The topological polar surface area (TPSA) is 107 Å². The Bertz CT molecular complexity index is 1580. The minimum absolute atomic E-state index is 0.151. The van der Waals surface area contributed by atoms with Gasteiger partial charge in [-0.1, -0.05) is 18.2 Å². The first-order valence-corrected chi connectivity index (χ1v) is 12.1. The number of methoxy groups -OCH3 is 1. The number of nitrogens with one attached hydrogen (secondary N) is 1. The Morgan fingerprint density at radius 2 is 1.81 bits per heavy atom. The molecule has 3 heterocycles. The molecule has 1 aliphatic heterocycles. The van der Waals surface area contributed by atoms with E-state index in [4.69, 9.17) is 19.2 Å². The molecule has 10 heteroatoms. The van der Waals surface area contributed by atoms with Crippen LogP contribution in [0.1, 0.15) is 36.0 Å². The van der Waals surface area contributed by atoms with Gasteiger partial charge < -0.3 is 24.4 Å². The second-order valence-electron chi connectivity index (χ2n) is 8.55. The van der Waals surface area contributed by atoms with E-state index in [1.54, 1.807) is 33.2 Å². The van der Waals surface area contributed by atoms with Crippen molar-refractivity contribution in [1.82, 2.24) is 9.88 Å². The molecule has 5 rings (SSSR count). The standard InChI is InChI=1S/C27H23N3O6S/c1-14-22(27(33)34-4)25(37-23(14)26(32)30(2)3)29-24(31)17-12-19(28-18-8-6-5-7-16(17)18)15-9-10-20-21(11-15)36-13-35-20/h5-12H,13H2,1-4H3,(H,29,31). The lowest BCUT2D eigenvalue weighted by Gasteiger charge is -2.11. The lowest BCUT2D eigenvalue weighted by Crippen LogP contribution is -2.21. The lowest BCUT2D eigenvalue weighted by molar-refractivity contribution is 0.0601. The Kier molecular flexibility index (Phi) is 6.26. The van der Waals surface area contributed by atoms with Gasteiger partial charge in [0, 0.05) is 25.0 Å². The SMILES string of the molecule is COC(=O)c1c(NC(=O)c2cc(-c3ccc4c(c3)OCO4)nc3ccccc23)sc(C(=O)N(C)C)c1C. The number of carbonyl (C=O) groups excluding carboxylic acids is 3. The number of benzene rings is 2. The van der Waals surface area contributed by atoms with Gasteiger partial charge >= 0.3 is 5.97 Å². The molecule has 2 amide bonds. The van der Waals surface area contributed by atoms with Crippen LogP contribution in [0.15, 0.2) is 48.5 Å². The molecule has 0 aliphatic carbocycles. The second-order valence-corrected chi connectivity index (χ2v) is 9.57. The Balaban J connectivity index is 1.59. The number of rotatable bonds is 5. The summed E-state index contributed by atoms with van der Waals surface area (Å²) in [5, 5.41) is 3.73. The van der Waals surface area contributed by atoms with E-state index in [9.17, 15) is 14.4 Å². The second kappa shape index (κ2) is 9.55. The summed E-state index contributed by atoms with van der Waals surface area (Å²) in [6, 6.07) is 14.5. The summed E-state index contributed by atoms with van der Waals surface area (Å²) in [6.07, 6.45) is 0. The number of carbonyl (C=O) groups is 3. The van der Waals surface area contributed by atoms with Gasteiger partial charge in [0.15, 0.2) is 11.5 Å². The summed E-state index contributed by atoms with van der Waals surface area (Å²) in [5.41, 5.74) is 2.92. The van der Waals surface area contributed by atoms with Crippen LogP contribution in [0.5, 0.6) is 11.5 Å². The maximum absolute atomic E-state index is 13.7. The Morgan fingerprint density at radius 1 is 1.05 bits per heavy atom. The van der Waals surface area contributed by atoms with Gasteiger partial charge in [-0.2, -0.15) is 0 Å². The molecule has 0 fully saturated rings.